The van der Waals surface area contributed by atoms with Gasteiger partial charge in [-0.15, -0.1) is 0 Å². The van der Waals surface area contributed by atoms with E-state index in [-0.39, 0.29) is 23.5 Å². The quantitative estimate of drug-likeness (QED) is 0.656. The summed E-state index contributed by atoms with van der Waals surface area (Å²) in [6.45, 7) is 0.234. The second kappa shape index (κ2) is 5.39. The zero-order valence-electron chi connectivity index (χ0n) is 10.5. The average molecular weight is 277 g/mol. The molecule has 0 atom stereocenters. The zero-order valence-corrected chi connectivity index (χ0v) is 10.5. The lowest BCUT2D eigenvalue weighted by atomic mass is 10.2. The second-order valence-corrected chi connectivity index (χ2v) is 4.00. The molecule has 8 nitrogen and oxygen atoms in total. The van der Waals surface area contributed by atoms with E-state index in [4.69, 9.17) is 9.84 Å². The Bertz CT molecular complexity index is 665. The van der Waals surface area contributed by atoms with Crippen LogP contribution in [0.4, 0.5) is 5.69 Å². The minimum Gasteiger partial charge on any atom is -0.490 e. The first-order valence-electron chi connectivity index (χ1n) is 5.58. The van der Waals surface area contributed by atoms with Gasteiger partial charge in [-0.1, -0.05) is 6.07 Å². The van der Waals surface area contributed by atoms with Crippen LogP contribution in [-0.2, 0) is 6.54 Å². The summed E-state index contributed by atoms with van der Waals surface area (Å²) in [6.07, 6.45) is 2.58. The Hall–Kier alpha value is -2.90. The average Bonchev–Trinajstić information content (AvgIpc) is 2.87. The number of carboxylic acids is 1. The third-order valence-corrected chi connectivity index (χ3v) is 2.66. The third kappa shape index (κ3) is 2.74. The van der Waals surface area contributed by atoms with Gasteiger partial charge >= 0.3 is 11.7 Å². The van der Waals surface area contributed by atoms with Crippen molar-refractivity contribution in [3.8, 4) is 5.75 Å². The largest absolute Gasteiger partial charge is 0.490 e. The van der Waals surface area contributed by atoms with Crippen molar-refractivity contribution in [3.63, 3.8) is 0 Å². The molecule has 0 radical (unpaired) electrons. The summed E-state index contributed by atoms with van der Waals surface area (Å²) >= 11 is 0. The number of nitrogens with zero attached hydrogens (tertiary/aromatic N) is 3. The normalized spacial score (nSPS) is 10.2. The lowest BCUT2D eigenvalue weighted by molar-refractivity contribution is -0.385. The molecule has 8 heteroatoms. The maximum atomic E-state index is 10.9. The van der Waals surface area contributed by atoms with E-state index in [1.54, 1.807) is 6.07 Å². The molecule has 1 aromatic heterocycles. The Labute approximate surface area is 113 Å². The van der Waals surface area contributed by atoms with E-state index < -0.39 is 10.9 Å². The maximum Gasteiger partial charge on any atom is 0.338 e. The number of nitro groups is 1. The number of nitro benzene ring substituents is 1. The van der Waals surface area contributed by atoms with Crippen LogP contribution in [0.1, 0.15) is 15.9 Å². The number of aromatic carboxylic acids is 1. The van der Waals surface area contributed by atoms with Gasteiger partial charge in [-0.05, 0) is 11.6 Å². The van der Waals surface area contributed by atoms with Crippen LogP contribution in [0.25, 0.3) is 0 Å². The second-order valence-electron chi connectivity index (χ2n) is 4.00. The molecule has 0 saturated heterocycles. The van der Waals surface area contributed by atoms with Gasteiger partial charge in [0, 0.05) is 12.3 Å². The SMILES string of the molecule is COc1ccc(Cn2cc(C(=O)O)cn2)cc1[N+](=O)[O-]. The van der Waals surface area contributed by atoms with Crippen molar-refractivity contribution in [2.24, 2.45) is 0 Å². The summed E-state index contributed by atoms with van der Waals surface area (Å²) in [7, 11) is 1.36. The molecule has 104 valence electrons. The topological polar surface area (TPSA) is 107 Å². The Morgan fingerprint density at radius 3 is 2.85 bits per heavy atom. The summed E-state index contributed by atoms with van der Waals surface area (Å²) in [6, 6.07) is 4.53. The van der Waals surface area contributed by atoms with Crippen LogP contribution < -0.4 is 4.74 Å². The molecule has 0 aliphatic carbocycles. The number of ether oxygens (including phenoxy) is 1. The van der Waals surface area contributed by atoms with Gasteiger partial charge < -0.3 is 9.84 Å². The summed E-state index contributed by atoms with van der Waals surface area (Å²) in [5, 5.41) is 23.6. The molecular formula is C12H11N3O5. The van der Waals surface area contributed by atoms with Gasteiger partial charge in [0.05, 0.1) is 30.3 Å². The molecule has 0 fully saturated rings. The van der Waals surface area contributed by atoms with Crippen LogP contribution in [0.2, 0.25) is 0 Å². The Morgan fingerprint density at radius 1 is 1.55 bits per heavy atom. The highest BCUT2D eigenvalue weighted by Gasteiger charge is 2.15. The summed E-state index contributed by atoms with van der Waals surface area (Å²) in [5.74, 6) is -0.901. The Kier molecular flexibility index (Phi) is 3.65. The van der Waals surface area contributed by atoms with Gasteiger partial charge in [0.25, 0.3) is 0 Å². The van der Waals surface area contributed by atoms with E-state index >= 15 is 0 Å². The van der Waals surface area contributed by atoms with Gasteiger partial charge in [0.15, 0.2) is 5.75 Å². The first-order valence-corrected chi connectivity index (χ1v) is 5.58. The fraction of sp³-hybridized carbons (Fsp3) is 0.167. The zero-order chi connectivity index (χ0) is 14.7. The predicted octanol–water partition coefficient (Wildman–Crippen LogP) is 1.55. The van der Waals surface area contributed by atoms with Crippen molar-refractivity contribution in [1.29, 1.82) is 0 Å². The molecule has 0 unspecified atom stereocenters. The molecule has 0 aliphatic rings. The van der Waals surface area contributed by atoms with Crippen molar-refractivity contribution >= 4 is 11.7 Å². The Morgan fingerprint density at radius 2 is 2.30 bits per heavy atom. The molecule has 0 spiro atoms. The molecule has 0 saturated carbocycles. The molecular weight excluding hydrogens is 266 g/mol. The molecule has 0 bridgehead atoms. The van der Waals surface area contributed by atoms with E-state index in [9.17, 15) is 14.9 Å². The fourth-order valence-electron chi connectivity index (χ4n) is 1.72. The number of rotatable bonds is 5. The van der Waals surface area contributed by atoms with E-state index in [1.165, 1.54) is 36.3 Å². The minimum atomic E-state index is -1.07. The molecule has 0 aliphatic heterocycles. The van der Waals surface area contributed by atoms with E-state index in [0.29, 0.717) is 5.56 Å². The van der Waals surface area contributed by atoms with Gasteiger partial charge in [0.2, 0.25) is 0 Å². The van der Waals surface area contributed by atoms with Crippen molar-refractivity contribution < 1.29 is 19.6 Å². The fourth-order valence-corrected chi connectivity index (χ4v) is 1.72. The standard InChI is InChI=1S/C12H11N3O5/c1-20-11-3-2-8(4-10(11)15(18)19)6-14-7-9(5-13-14)12(16)17/h2-5,7H,6H2,1H3,(H,16,17). The van der Waals surface area contributed by atoms with Gasteiger partial charge in [0.1, 0.15) is 0 Å². The highest BCUT2D eigenvalue weighted by Crippen LogP contribution is 2.27. The van der Waals surface area contributed by atoms with E-state index in [2.05, 4.69) is 5.10 Å². The highest BCUT2D eigenvalue weighted by atomic mass is 16.6. The first-order chi connectivity index (χ1) is 9.51. The lowest BCUT2D eigenvalue weighted by Crippen LogP contribution is -2.02. The van der Waals surface area contributed by atoms with Crippen LogP contribution in [0.5, 0.6) is 5.75 Å². The summed E-state index contributed by atoms with van der Waals surface area (Å²) in [5.41, 5.74) is 0.543. The van der Waals surface area contributed by atoms with Crippen molar-refractivity contribution in [2.45, 2.75) is 6.54 Å². The third-order valence-electron chi connectivity index (χ3n) is 2.66. The maximum absolute atomic E-state index is 10.9. The Balaban J connectivity index is 2.26. The van der Waals surface area contributed by atoms with Crippen molar-refractivity contribution in [1.82, 2.24) is 9.78 Å². The molecule has 1 heterocycles. The smallest absolute Gasteiger partial charge is 0.338 e. The van der Waals surface area contributed by atoms with Gasteiger partial charge in [-0.25, -0.2) is 4.79 Å². The van der Waals surface area contributed by atoms with Crippen molar-refractivity contribution in [2.75, 3.05) is 7.11 Å². The first kappa shape index (κ1) is 13.5. The lowest BCUT2D eigenvalue weighted by Gasteiger charge is -2.05. The number of methoxy groups -OCH3 is 1. The monoisotopic (exact) mass is 277 g/mol. The number of carboxylic acid groups (broad SMARTS) is 1. The number of carbonyl (C=O) groups is 1. The molecule has 0 amide bonds. The molecule has 2 rings (SSSR count). The van der Waals surface area contributed by atoms with Crippen LogP contribution in [0.3, 0.4) is 0 Å². The number of hydrogen-bond donors (Lipinski definition) is 1. The van der Waals surface area contributed by atoms with Gasteiger partial charge in [-0.3, -0.25) is 14.8 Å². The minimum absolute atomic E-state index is 0.0630. The van der Waals surface area contributed by atoms with Crippen molar-refractivity contribution in [3.05, 3.63) is 51.8 Å². The van der Waals surface area contributed by atoms with E-state index in [0.717, 1.165) is 0 Å². The summed E-state index contributed by atoms with van der Waals surface area (Å²) in [4.78, 5) is 21.1. The summed E-state index contributed by atoms with van der Waals surface area (Å²) < 4.78 is 6.30. The van der Waals surface area contributed by atoms with Crippen LogP contribution >= 0.6 is 0 Å². The number of hydrogen-bond acceptors (Lipinski definition) is 5. The van der Waals surface area contributed by atoms with Gasteiger partial charge in [-0.2, -0.15) is 5.10 Å². The number of benzene rings is 1. The molecule has 1 N–H and O–H groups in total. The number of aromatic nitrogens is 2. The van der Waals surface area contributed by atoms with Crippen LogP contribution in [-0.4, -0.2) is 32.9 Å². The van der Waals surface area contributed by atoms with Crippen LogP contribution in [0.15, 0.2) is 30.6 Å². The predicted molar refractivity (Wildman–Crippen MR) is 67.9 cm³/mol. The van der Waals surface area contributed by atoms with E-state index in [1.807, 2.05) is 0 Å². The highest BCUT2D eigenvalue weighted by molar-refractivity contribution is 5.86. The molecule has 1 aromatic carbocycles. The van der Waals surface area contributed by atoms with Crippen LogP contribution in [0, 0.1) is 10.1 Å². The molecule has 20 heavy (non-hydrogen) atoms. The molecule has 2 aromatic rings.